The minimum Gasteiger partial charge on any atom is -0.354 e. The van der Waals surface area contributed by atoms with Crippen LogP contribution < -0.4 is 10.2 Å². The Kier molecular flexibility index (Phi) is 7.47. The van der Waals surface area contributed by atoms with E-state index in [0.29, 0.717) is 5.92 Å². The minimum atomic E-state index is 0.608. The van der Waals surface area contributed by atoms with Crippen molar-refractivity contribution in [2.75, 3.05) is 45.2 Å². The molecule has 5 heteroatoms. The molecule has 20 heavy (non-hydrogen) atoms. The van der Waals surface area contributed by atoms with E-state index >= 15 is 0 Å². The number of rotatable bonds is 9. The van der Waals surface area contributed by atoms with Gasteiger partial charge in [0.1, 0.15) is 5.82 Å². The quantitative estimate of drug-likeness (QED) is 0.744. The Bertz CT molecular complexity index is 378. The molecule has 1 rings (SSSR count). The Morgan fingerprint density at radius 3 is 2.55 bits per heavy atom. The van der Waals surface area contributed by atoms with Crippen molar-refractivity contribution < 1.29 is 0 Å². The number of likely N-dealkylation sites (N-methyl/N-ethyl adjacent to an activating group) is 1. The van der Waals surface area contributed by atoms with Gasteiger partial charge in [0.25, 0.3) is 0 Å². The molecule has 0 amide bonds. The monoisotopic (exact) mass is 279 g/mol. The van der Waals surface area contributed by atoms with Gasteiger partial charge in [-0.15, -0.1) is 0 Å². The Labute approximate surface area is 123 Å². The van der Waals surface area contributed by atoms with Crippen LogP contribution in [-0.4, -0.2) is 55.1 Å². The molecule has 0 atom stereocenters. The number of hydrogen-bond donors (Lipinski definition) is 1. The van der Waals surface area contributed by atoms with Crippen molar-refractivity contribution in [1.29, 1.82) is 0 Å². The highest BCUT2D eigenvalue weighted by molar-refractivity contribution is 5.36. The van der Waals surface area contributed by atoms with Gasteiger partial charge in [0.2, 0.25) is 0 Å². The lowest BCUT2D eigenvalue weighted by Gasteiger charge is -2.27. The lowest BCUT2D eigenvalue weighted by molar-refractivity contribution is 0.408. The summed E-state index contributed by atoms with van der Waals surface area (Å²) in [6.45, 7) is 11.3. The van der Waals surface area contributed by atoms with Gasteiger partial charge in [-0.2, -0.15) is 0 Å². The summed E-state index contributed by atoms with van der Waals surface area (Å²) in [5.74, 6) is 1.59. The summed E-state index contributed by atoms with van der Waals surface area (Å²) in [6.07, 6.45) is 3.71. The highest BCUT2D eigenvalue weighted by Gasteiger charge is 2.11. The SMILES string of the molecule is CCNCc1cncc(N(CCN(C)C)CC(C)C)n1. The Balaban J connectivity index is 2.77. The number of nitrogens with zero attached hydrogens (tertiary/aromatic N) is 4. The Hall–Kier alpha value is -1.20. The second kappa shape index (κ2) is 8.87. The number of aromatic nitrogens is 2. The first-order valence-electron chi connectivity index (χ1n) is 7.44. The molecule has 0 aromatic carbocycles. The highest BCUT2D eigenvalue weighted by atomic mass is 15.2. The molecule has 1 heterocycles. The summed E-state index contributed by atoms with van der Waals surface area (Å²) in [5, 5.41) is 3.29. The van der Waals surface area contributed by atoms with Crippen LogP contribution in [0.1, 0.15) is 26.5 Å². The first-order valence-corrected chi connectivity index (χ1v) is 7.44. The molecular formula is C15H29N5. The maximum atomic E-state index is 4.72. The lowest BCUT2D eigenvalue weighted by Crippen LogP contribution is -2.35. The fourth-order valence-corrected chi connectivity index (χ4v) is 1.95. The molecule has 0 bridgehead atoms. The predicted molar refractivity (Wildman–Crippen MR) is 85.0 cm³/mol. The molecule has 5 nitrogen and oxygen atoms in total. The van der Waals surface area contributed by atoms with Crippen molar-refractivity contribution in [1.82, 2.24) is 20.2 Å². The van der Waals surface area contributed by atoms with E-state index in [9.17, 15) is 0 Å². The van der Waals surface area contributed by atoms with Crippen molar-refractivity contribution in [3.63, 3.8) is 0 Å². The second-order valence-corrected chi connectivity index (χ2v) is 5.79. The fraction of sp³-hybridized carbons (Fsp3) is 0.733. The van der Waals surface area contributed by atoms with Gasteiger partial charge >= 0.3 is 0 Å². The molecule has 1 aromatic rings. The number of hydrogen-bond acceptors (Lipinski definition) is 5. The first kappa shape index (κ1) is 16.9. The second-order valence-electron chi connectivity index (χ2n) is 5.79. The molecule has 1 N–H and O–H groups in total. The van der Waals surface area contributed by atoms with Crippen molar-refractivity contribution in [2.45, 2.75) is 27.3 Å². The normalized spacial score (nSPS) is 11.3. The molecule has 0 saturated carbocycles. The predicted octanol–water partition coefficient (Wildman–Crippen LogP) is 1.61. The smallest absolute Gasteiger partial charge is 0.147 e. The van der Waals surface area contributed by atoms with E-state index in [1.807, 2.05) is 12.4 Å². The van der Waals surface area contributed by atoms with Crippen LogP contribution in [0.25, 0.3) is 0 Å². The zero-order chi connectivity index (χ0) is 15.0. The molecule has 0 saturated heterocycles. The van der Waals surface area contributed by atoms with Crippen molar-refractivity contribution in [3.05, 3.63) is 18.1 Å². The van der Waals surface area contributed by atoms with Crippen LogP contribution in [0.15, 0.2) is 12.4 Å². The summed E-state index contributed by atoms with van der Waals surface area (Å²) >= 11 is 0. The van der Waals surface area contributed by atoms with E-state index in [4.69, 9.17) is 4.98 Å². The maximum absolute atomic E-state index is 4.72. The van der Waals surface area contributed by atoms with E-state index in [1.165, 1.54) is 0 Å². The lowest BCUT2D eigenvalue weighted by atomic mass is 10.2. The van der Waals surface area contributed by atoms with Crippen LogP contribution in [0.3, 0.4) is 0 Å². The first-order chi connectivity index (χ1) is 9.52. The van der Waals surface area contributed by atoms with Gasteiger partial charge in [-0.1, -0.05) is 20.8 Å². The summed E-state index contributed by atoms with van der Waals surface area (Å²) < 4.78 is 0. The average molecular weight is 279 g/mol. The van der Waals surface area contributed by atoms with E-state index in [2.05, 4.69) is 55.0 Å². The van der Waals surface area contributed by atoms with Crippen LogP contribution >= 0.6 is 0 Å². The topological polar surface area (TPSA) is 44.3 Å². The minimum absolute atomic E-state index is 0.608. The van der Waals surface area contributed by atoms with Gasteiger partial charge in [0, 0.05) is 32.4 Å². The number of anilines is 1. The standard InChI is InChI=1S/C15H29N5/c1-6-16-9-14-10-17-11-15(18-14)20(12-13(2)3)8-7-19(4)5/h10-11,13,16H,6-9,12H2,1-5H3. The molecule has 0 aliphatic heterocycles. The van der Waals surface area contributed by atoms with Crippen molar-refractivity contribution in [3.8, 4) is 0 Å². The van der Waals surface area contributed by atoms with Crippen LogP contribution in [0, 0.1) is 5.92 Å². The summed E-state index contributed by atoms with van der Waals surface area (Å²) in [4.78, 5) is 13.6. The van der Waals surface area contributed by atoms with Gasteiger partial charge in [-0.3, -0.25) is 4.98 Å². The van der Waals surface area contributed by atoms with Gasteiger partial charge < -0.3 is 15.1 Å². The molecular weight excluding hydrogens is 250 g/mol. The molecule has 0 spiro atoms. The average Bonchev–Trinajstić information content (AvgIpc) is 2.41. The zero-order valence-electron chi connectivity index (χ0n) is 13.6. The van der Waals surface area contributed by atoms with E-state index < -0.39 is 0 Å². The van der Waals surface area contributed by atoms with Crippen LogP contribution in [-0.2, 0) is 6.54 Å². The van der Waals surface area contributed by atoms with Gasteiger partial charge in [-0.05, 0) is 26.6 Å². The van der Waals surface area contributed by atoms with Gasteiger partial charge in [0.15, 0.2) is 0 Å². The third-order valence-electron chi connectivity index (χ3n) is 2.95. The molecule has 1 aromatic heterocycles. The van der Waals surface area contributed by atoms with Gasteiger partial charge in [0.05, 0.1) is 11.9 Å². The molecule has 0 unspecified atom stereocenters. The largest absolute Gasteiger partial charge is 0.354 e. The van der Waals surface area contributed by atoms with E-state index in [-0.39, 0.29) is 0 Å². The van der Waals surface area contributed by atoms with E-state index in [0.717, 1.165) is 44.2 Å². The van der Waals surface area contributed by atoms with Crippen LogP contribution in [0.4, 0.5) is 5.82 Å². The Morgan fingerprint density at radius 1 is 1.20 bits per heavy atom. The van der Waals surface area contributed by atoms with Crippen molar-refractivity contribution >= 4 is 5.82 Å². The molecule has 0 aliphatic carbocycles. The molecule has 0 radical (unpaired) electrons. The third kappa shape index (κ3) is 6.30. The summed E-state index contributed by atoms with van der Waals surface area (Å²) in [7, 11) is 4.20. The third-order valence-corrected chi connectivity index (χ3v) is 2.95. The molecule has 114 valence electrons. The highest BCUT2D eigenvalue weighted by Crippen LogP contribution is 2.12. The Morgan fingerprint density at radius 2 is 1.95 bits per heavy atom. The van der Waals surface area contributed by atoms with E-state index in [1.54, 1.807) is 0 Å². The fourth-order valence-electron chi connectivity index (χ4n) is 1.95. The van der Waals surface area contributed by atoms with Crippen LogP contribution in [0.2, 0.25) is 0 Å². The maximum Gasteiger partial charge on any atom is 0.147 e. The zero-order valence-corrected chi connectivity index (χ0v) is 13.6. The summed E-state index contributed by atoms with van der Waals surface area (Å²) in [6, 6.07) is 0. The summed E-state index contributed by atoms with van der Waals surface area (Å²) in [5.41, 5.74) is 1.00. The van der Waals surface area contributed by atoms with Crippen molar-refractivity contribution in [2.24, 2.45) is 5.92 Å². The molecule has 0 fully saturated rings. The molecule has 0 aliphatic rings. The van der Waals surface area contributed by atoms with Crippen LogP contribution in [0.5, 0.6) is 0 Å². The number of nitrogens with one attached hydrogen (secondary N) is 1. The van der Waals surface area contributed by atoms with Gasteiger partial charge in [-0.25, -0.2) is 4.98 Å².